The van der Waals surface area contributed by atoms with Crippen LogP contribution in [0.5, 0.6) is 0 Å². The van der Waals surface area contributed by atoms with Gasteiger partial charge in [0.05, 0.1) is 6.04 Å². The summed E-state index contributed by atoms with van der Waals surface area (Å²) >= 11 is 6.02. The van der Waals surface area contributed by atoms with Crippen LogP contribution in [0.25, 0.3) is 0 Å². The minimum atomic E-state index is -0.494. The second-order valence-electron chi connectivity index (χ2n) is 6.25. The van der Waals surface area contributed by atoms with Crippen molar-refractivity contribution in [2.75, 3.05) is 0 Å². The van der Waals surface area contributed by atoms with Crippen molar-refractivity contribution in [2.45, 2.75) is 12.1 Å². The smallest absolute Gasteiger partial charge is 0.255 e. The first-order valence-electron chi connectivity index (χ1n) is 8.39. The second-order valence-corrected chi connectivity index (χ2v) is 6.69. The number of carbonyl (C=O) groups is 2. The second kappa shape index (κ2) is 6.77. The minimum Gasteiger partial charge on any atom is -0.316 e. The van der Waals surface area contributed by atoms with Gasteiger partial charge in [0.1, 0.15) is 6.04 Å². The summed E-state index contributed by atoms with van der Waals surface area (Å²) in [5, 5.41) is 0.500. The molecule has 26 heavy (non-hydrogen) atoms. The molecule has 0 bridgehead atoms. The van der Waals surface area contributed by atoms with E-state index in [0.29, 0.717) is 16.1 Å². The number of Topliss-reactive ketones (excluding diaryl/α,β-unsaturated/α-hetero) is 1. The van der Waals surface area contributed by atoms with Crippen LogP contribution in [0.2, 0.25) is 5.02 Å². The van der Waals surface area contributed by atoms with Crippen LogP contribution >= 0.6 is 11.6 Å². The molecule has 128 valence electrons. The topological polar surface area (TPSA) is 37.1 Å². The number of hydrogen-bond acceptors (Lipinski definition) is 2. The zero-order valence-electron chi connectivity index (χ0n) is 13.9. The molecule has 2 atom stereocenters. The lowest BCUT2D eigenvalue weighted by molar-refractivity contribution is 0.0833. The fourth-order valence-corrected chi connectivity index (χ4v) is 3.48. The van der Waals surface area contributed by atoms with E-state index in [-0.39, 0.29) is 17.7 Å². The highest BCUT2D eigenvalue weighted by molar-refractivity contribution is 6.31. The first-order chi connectivity index (χ1) is 12.7. The molecule has 0 aromatic heterocycles. The van der Waals surface area contributed by atoms with Gasteiger partial charge in [-0.05, 0) is 23.8 Å². The lowest BCUT2D eigenvalue weighted by Gasteiger charge is -2.05. The van der Waals surface area contributed by atoms with Gasteiger partial charge < -0.3 is 4.90 Å². The van der Waals surface area contributed by atoms with E-state index in [1.165, 1.54) is 0 Å². The van der Waals surface area contributed by atoms with E-state index < -0.39 is 6.04 Å². The highest BCUT2D eigenvalue weighted by Crippen LogP contribution is 2.46. The zero-order valence-corrected chi connectivity index (χ0v) is 14.6. The van der Waals surface area contributed by atoms with Crippen LogP contribution in [0.3, 0.4) is 0 Å². The van der Waals surface area contributed by atoms with Crippen LogP contribution in [0.15, 0.2) is 84.9 Å². The first-order valence-corrected chi connectivity index (χ1v) is 8.77. The fraction of sp³-hybridized carbons (Fsp3) is 0.0909. The molecule has 4 rings (SSSR count). The third-order valence-electron chi connectivity index (χ3n) is 4.58. The molecule has 0 aliphatic carbocycles. The Morgan fingerprint density at radius 2 is 1.38 bits per heavy atom. The van der Waals surface area contributed by atoms with Gasteiger partial charge in [-0.15, -0.1) is 0 Å². The lowest BCUT2D eigenvalue weighted by atomic mass is 10.0. The predicted molar refractivity (Wildman–Crippen MR) is 101 cm³/mol. The normalized spacial score (nSPS) is 18.4. The van der Waals surface area contributed by atoms with E-state index in [1.807, 2.05) is 48.5 Å². The Balaban J connectivity index is 1.69. The number of carbonyl (C=O) groups excluding carboxylic acids is 2. The highest BCUT2D eigenvalue weighted by atomic mass is 35.5. The van der Waals surface area contributed by atoms with Crippen molar-refractivity contribution in [1.82, 2.24) is 4.90 Å². The molecule has 3 nitrogen and oxygen atoms in total. The van der Waals surface area contributed by atoms with E-state index in [2.05, 4.69) is 0 Å². The van der Waals surface area contributed by atoms with Gasteiger partial charge in [0.2, 0.25) is 0 Å². The Morgan fingerprint density at radius 3 is 2.04 bits per heavy atom. The maximum atomic E-state index is 13.0. The molecule has 1 heterocycles. The molecular weight excluding hydrogens is 346 g/mol. The molecule has 0 spiro atoms. The van der Waals surface area contributed by atoms with Gasteiger partial charge in [0, 0.05) is 16.1 Å². The van der Waals surface area contributed by atoms with Crippen LogP contribution in [-0.4, -0.2) is 22.6 Å². The van der Waals surface area contributed by atoms with Crippen molar-refractivity contribution in [3.8, 4) is 0 Å². The number of ketones is 1. The van der Waals surface area contributed by atoms with Crippen molar-refractivity contribution in [1.29, 1.82) is 0 Å². The molecule has 0 radical (unpaired) electrons. The molecule has 4 heteroatoms. The molecule has 3 aromatic carbocycles. The average Bonchev–Trinajstić information content (AvgIpc) is 3.44. The number of nitrogens with zero attached hydrogens (tertiary/aromatic N) is 1. The maximum absolute atomic E-state index is 13.0. The van der Waals surface area contributed by atoms with Gasteiger partial charge >= 0.3 is 0 Å². The third-order valence-corrected chi connectivity index (χ3v) is 4.82. The highest BCUT2D eigenvalue weighted by Gasteiger charge is 2.56. The first kappa shape index (κ1) is 16.6. The number of rotatable bonds is 4. The Bertz CT molecular complexity index is 956. The molecule has 1 amide bonds. The summed E-state index contributed by atoms with van der Waals surface area (Å²) in [6.45, 7) is 0. The van der Waals surface area contributed by atoms with Gasteiger partial charge in [-0.3, -0.25) is 9.59 Å². The number of amides is 1. The van der Waals surface area contributed by atoms with Crippen LogP contribution in [0.1, 0.15) is 32.3 Å². The van der Waals surface area contributed by atoms with Crippen molar-refractivity contribution in [2.24, 2.45) is 0 Å². The van der Waals surface area contributed by atoms with Gasteiger partial charge in [-0.1, -0.05) is 78.3 Å². The SMILES string of the molecule is O=C(c1ccccc1)[C@H]1[C@H](c2ccccc2)N1C(=O)c1cccc(Cl)c1. The van der Waals surface area contributed by atoms with Gasteiger partial charge in [0.25, 0.3) is 5.91 Å². The van der Waals surface area contributed by atoms with Crippen molar-refractivity contribution < 1.29 is 9.59 Å². The standard InChI is InChI=1S/C22H16ClNO2/c23-18-13-7-12-17(14-18)22(26)24-19(15-8-3-1-4-9-15)20(24)21(25)16-10-5-2-6-11-16/h1-14,19-20H/t19-,20+,24?/m0/s1. The zero-order chi connectivity index (χ0) is 18.1. The number of halogens is 1. The predicted octanol–water partition coefficient (Wildman–Crippen LogP) is 4.79. The molecule has 3 aromatic rings. The van der Waals surface area contributed by atoms with E-state index in [4.69, 9.17) is 11.6 Å². The average molecular weight is 362 g/mol. The molecule has 1 fully saturated rings. The molecule has 0 unspecified atom stereocenters. The molecule has 1 aliphatic heterocycles. The molecule has 0 N–H and O–H groups in total. The maximum Gasteiger partial charge on any atom is 0.255 e. The largest absolute Gasteiger partial charge is 0.316 e. The van der Waals surface area contributed by atoms with Crippen molar-refractivity contribution in [3.63, 3.8) is 0 Å². The minimum absolute atomic E-state index is 0.0465. The third kappa shape index (κ3) is 3.02. The quantitative estimate of drug-likeness (QED) is 0.495. The Morgan fingerprint density at radius 1 is 0.769 bits per heavy atom. The Kier molecular flexibility index (Phi) is 4.31. The Labute approximate surface area is 156 Å². The van der Waals surface area contributed by atoms with Crippen LogP contribution < -0.4 is 0 Å². The van der Waals surface area contributed by atoms with Gasteiger partial charge in [-0.2, -0.15) is 0 Å². The number of benzene rings is 3. The summed E-state index contributed by atoms with van der Waals surface area (Å²) in [6, 6.07) is 24.8. The van der Waals surface area contributed by atoms with E-state index in [1.54, 1.807) is 41.3 Å². The summed E-state index contributed by atoms with van der Waals surface area (Å²) < 4.78 is 0. The lowest BCUT2D eigenvalue weighted by Crippen LogP contribution is -2.19. The van der Waals surface area contributed by atoms with Crippen molar-refractivity contribution >= 4 is 23.3 Å². The summed E-state index contributed by atoms with van der Waals surface area (Å²) in [6.07, 6.45) is 0. The van der Waals surface area contributed by atoms with Crippen LogP contribution in [0, 0.1) is 0 Å². The van der Waals surface area contributed by atoms with Crippen molar-refractivity contribution in [3.05, 3.63) is 107 Å². The van der Waals surface area contributed by atoms with Crippen LogP contribution in [0.4, 0.5) is 0 Å². The molecule has 1 saturated heterocycles. The van der Waals surface area contributed by atoms with E-state index in [9.17, 15) is 9.59 Å². The monoisotopic (exact) mass is 361 g/mol. The molecular formula is C22H16ClNO2. The van der Waals surface area contributed by atoms with E-state index >= 15 is 0 Å². The molecule has 1 aliphatic rings. The van der Waals surface area contributed by atoms with Crippen LogP contribution in [-0.2, 0) is 0 Å². The number of hydrogen-bond donors (Lipinski definition) is 0. The summed E-state index contributed by atoms with van der Waals surface area (Å²) in [5.41, 5.74) is 2.05. The Hall–Kier alpha value is -2.91. The van der Waals surface area contributed by atoms with E-state index in [0.717, 1.165) is 5.56 Å². The molecule has 0 saturated carbocycles. The summed E-state index contributed by atoms with van der Waals surface area (Å²) in [7, 11) is 0. The fourth-order valence-electron chi connectivity index (χ4n) is 3.29. The van der Waals surface area contributed by atoms with Gasteiger partial charge in [-0.25, -0.2) is 0 Å². The van der Waals surface area contributed by atoms with Gasteiger partial charge in [0.15, 0.2) is 5.78 Å². The summed E-state index contributed by atoms with van der Waals surface area (Å²) in [4.78, 5) is 27.6. The summed E-state index contributed by atoms with van der Waals surface area (Å²) in [5.74, 6) is -0.231.